The molecule has 2 aliphatic rings. The second kappa shape index (κ2) is 9.37. The number of carbonyl (C=O) groups is 1. The number of sulfone groups is 1. The zero-order chi connectivity index (χ0) is 25.5. The van der Waals surface area contributed by atoms with Gasteiger partial charge in [-0.05, 0) is 51.7 Å². The van der Waals surface area contributed by atoms with Crippen LogP contribution in [0.25, 0.3) is 0 Å². The molecule has 1 aliphatic heterocycles. The van der Waals surface area contributed by atoms with Crippen LogP contribution in [0.4, 0.5) is 13.2 Å². The molecule has 1 fully saturated rings. The number of nitrogens with zero attached hydrogens (tertiary/aromatic N) is 1. The van der Waals surface area contributed by atoms with Crippen molar-refractivity contribution in [1.29, 1.82) is 5.41 Å². The summed E-state index contributed by atoms with van der Waals surface area (Å²) in [6.45, 7) is 5.44. The molecule has 3 N–H and O–H groups in total. The highest BCUT2D eigenvalue weighted by molar-refractivity contribution is 7.93. The fourth-order valence-corrected chi connectivity index (χ4v) is 6.49. The molecule has 2 heterocycles. The van der Waals surface area contributed by atoms with Gasteiger partial charge in [0.2, 0.25) is 5.91 Å². The van der Waals surface area contributed by atoms with E-state index in [2.05, 4.69) is 20.4 Å². The number of hydrogen-bond donors (Lipinski definition) is 3. The van der Waals surface area contributed by atoms with Gasteiger partial charge in [-0.3, -0.25) is 10.2 Å². The zero-order valence-corrected chi connectivity index (χ0v) is 20.4. The van der Waals surface area contributed by atoms with E-state index >= 15 is 0 Å². The normalized spacial score (nSPS) is 21.6. The van der Waals surface area contributed by atoms with E-state index < -0.39 is 33.4 Å². The van der Waals surface area contributed by atoms with Gasteiger partial charge in [-0.1, -0.05) is 11.6 Å². The Bertz CT molecular complexity index is 1120. The fourth-order valence-electron chi connectivity index (χ4n) is 4.29. The summed E-state index contributed by atoms with van der Waals surface area (Å²) in [5.41, 5.74) is 0.205. The van der Waals surface area contributed by atoms with Crippen LogP contribution in [0.5, 0.6) is 5.75 Å². The molecule has 13 heteroatoms. The lowest BCUT2D eigenvalue weighted by molar-refractivity contribution is -0.274. The Kier molecular flexibility index (Phi) is 7.24. The van der Waals surface area contributed by atoms with Crippen LogP contribution in [-0.4, -0.2) is 54.5 Å². The fraction of sp³-hybridized carbons (Fsp3) is 0.571. The van der Waals surface area contributed by atoms with Gasteiger partial charge in [-0.15, -0.1) is 13.2 Å². The predicted octanol–water partition coefficient (Wildman–Crippen LogP) is 3.36. The second-order valence-corrected chi connectivity index (χ2v) is 11.6. The third-order valence-corrected chi connectivity index (χ3v) is 7.97. The van der Waals surface area contributed by atoms with E-state index in [0.29, 0.717) is 24.1 Å². The molecule has 0 aromatic carbocycles. The summed E-state index contributed by atoms with van der Waals surface area (Å²) in [6, 6.07) is 0.976. The van der Waals surface area contributed by atoms with E-state index in [9.17, 15) is 26.4 Å². The van der Waals surface area contributed by atoms with Crippen molar-refractivity contribution in [2.24, 2.45) is 5.92 Å². The van der Waals surface area contributed by atoms with Crippen LogP contribution in [-0.2, 0) is 14.6 Å². The molecule has 1 saturated heterocycles. The van der Waals surface area contributed by atoms with Gasteiger partial charge in [0.05, 0.1) is 29.0 Å². The van der Waals surface area contributed by atoms with Crippen molar-refractivity contribution in [3.05, 3.63) is 34.2 Å². The Balaban J connectivity index is 1.84. The molecule has 0 bridgehead atoms. The molecular formula is C21H26ClF3N4O4S. The number of aromatic nitrogens is 1. The number of nitrogens with one attached hydrogen (secondary N) is 3. The standard InChI is InChI=1S/C21H26ClF3N4O4S/c1-11(2)28-16-6-12(19(30)29-20(3)9-34(31,32)10-20)4-5-14(16)17(26)15-7-13(8-27-18(15)22)33-21(23,24)25/h7-8,11-12,26,28H,4-6,9-10H2,1-3H3,(H,29,30)/t12-/m1/s1. The Morgan fingerprint density at radius 2 is 2.00 bits per heavy atom. The molecular weight excluding hydrogens is 497 g/mol. The first kappa shape index (κ1) is 26.3. The summed E-state index contributed by atoms with van der Waals surface area (Å²) in [5, 5.41) is 14.6. The average molecular weight is 523 g/mol. The van der Waals surface area contributed by atoms with Crippen molar-refractivity contribution in [3.8, 4) is 5.75 Å². The lowest BCUT2D eigenvalue weighted by Gasteiger charge is -2.40. The van der Waals surface area contributed by atoms with Gasteiger partial charge in [0.15, 0.2) is 9.84 Å². The van der Waals surface area contributed by atoms with E-state index in [0.717, 1.165) is 12.3 Å². The lowest BCUT2D eigenvalue weighted by atomic mass is 9.82. The smallest absolute Gasteiger partial charge is 0.404 e. The summed E-state index contributed by atoms with van der Waals surface area (Å²) in [7, 11) is -3.13. The van der Waals surface area contributed by atoms with Gasteiger partial charge in [-0.2, -0.15) is 0 Å². The molecule has 0 radical (unpaired) electrons. The quantitative estimate of drug-likeness (QED) is 0.373. The minimum atomic E-state index is -4.92. The van der Waals surface area contributed by atoms with Crippen LogP contribution >= 0.6 is 11.6 Å². The number of carbonyl (C=O) groups excluding carboxylic acids is 1. The lowest BCUT2D eigenvalue weighted by Crippen LogP contribution is -2.64. The van der Waals surface area contributed by atoms with Gasteiger partial charge in [0.25, 0.3) is 0 Å². The molecule has 1 aromatic rings. The van der Waals surface area contributed by atoms with E-state index in [1.165, 1.54) is 0 Å². The highest BCUT2D eigenvalue weighted by atomic mass is 35.5. The van der Waals surface area contributed by atoms with Crippen LogP contribution in [0.15, 0.2) is 23.5 Å². The van der Waals surface area contributed by atoms with Crippen molar-refractivity contribution in [1.82, 2.24) is 15.6 Å². The van der Waals surface area contributed by atoms with E-state index in [1.807, 2.05) is 13.8 Å². The highest BCUT2D eigenvalue weighted by Crippen LogP contribution is 2.34. The van der Waals surface area contributed by atoms with Gasteiger partial charge in [0.1, 0.15) is 10.9 Å². The molecule has 1 amide bonds. The largest absolute Gasteiger partial charge is 0.573 e. The highest BCUT2D eigenvalue weighted by Gasteiger charge is 2.46. The van der Waals surface area contributed by atoms with Crippen molar-refractivity contribution >= 4 is 33.1 Å². The third kappa shape index (κ3) is 6.41. The maximum Gasteiger partial charge on any atom is 0.573 e. The summed E-state index contributed by atoms with van der Waals surface area (Å²) in [4.78, 5) is 16.6. The molecule has 188 valence electrons. The number of allylic oxidation sites excluding steroid dienone is 2. The van der Waals surface area contributed by atoms with Crippen molar-refractivity contribution in [2.75, 3.05) is 11.5 Å². The van der Waals surface area contributed by atoms with Crippen LogP contribution in [0.1, 0.15) is 45.6 Å². The number of alkyl halides is 3. The van der Waals surface area contributed by atoms with E-state index in [4.69, 9.17) is 17.0 Å². The number of ether oxygens (including phenoxy) is 1. The molecule has 0 saturated carbocycles. The van der Waals surface area contributed by atoms with Crippen LogP contribution in [0.2, 0.25) is 5.15 Å². The minimum Gasteiger partial charge on any atom is -0.404 e. The van der Waals surface area contributed by atoms with Gasteiger partial charge in [-0.25, -0.2) is 13.4 Å². The maximum absolute atomic E-state index is 12.9. The van der Waals surface area contributed by atoms with Gasteiger partial charge < -0.3 is 15.4 Å². The van der Waals surface area contributed by atoms with Crippen LogP contribution in [0, 0.1) is 11.3 Å². The summed E-state index contributed by atoms with van der Waals surface area (Å²) in [6.07, 6.45) is -3.16. The molecule has 0 unspecified atom stereocenters. The van der Waals surface area contributed by atoms with Gasteiger partial charge >= 0.3 is 6.36 Å². The summed E-state index contributed by atoms with van der Waals surface area (Å²) >= 11 is 6.09. The van der Waals surface area contributed by atoms with Gasteiger partial charge in [0, 0.05) is 23.2 Å². The Labute approximate surface area is 200 Å². The maximum atomic E-state index is 12.9. The molecule has 1 aliphatic carbocycles. The molecule has 1 aromatic heterocycles. The monoisotopic (exact) mass is 522 g/mol. The van der Waals surface area contributed by atoms with Crippen LogP contribution < -0.4 is 15.4 Å². The third-order valence-electron chi connectivity index (χ3n) is 5.51. The first-order chi connectivity index (χ1) is 15.6. The minimum absolute atomic E-state index is 0.0171. The first-order valence-electron chi connectivity index (χ1n) is 10.6. The number of hydrogen-bond acceptors (Lipinski definition) is 7. The Morgan fingerprint density at radius 3 is 2.56 bits per heavy atom. The number of halogens is 4. The topological polar surface area (TPSA) is 121 Å². The second-order valence-electron chi connectivity index (χ2n) is 9.21. The predicted molar refractivity (Wildman–Crippen MR) is 121 cm³/mol. The average Bonchev–Trinajstić information content (AvgIpc) is 2.65. The zero-order valence-electron chi connectivity index (χ0n) is 18.8. The molecule has 3 rings (SSSR count). The number of amides is 1. The number of pyridine rings is 1. The van der Waals surface area contributed by atoms with Crippen molar-refractivity contribution < 1.29 is 31.1 Å². The van der Waals surface area contributed by atoms with Crippen LogP contribution in [0.3, 0.4) is 0 Å². The van der Waals surface area contributed by atoms with E-state index in [-0.39, 0.29) is 46.3 Å². The molecule has 34 heavy (non-hydrogen) atoms. The Hall–Kier alpha value is -2.34. The first-order valence-corrected chi connectivity index (χ1v) is 12.8. The Morgan fingerprint density at radius 1 is 1.35 bits per heavy atom. The molecule has 8 nitrogen and oxygen atoms in total. The molecule has 0 spiro atoms. The number of rotatable bonds is 7. The van der Waals surface area contributed by atoms with Crippen molar-refractivity contribution in [3.63, 3.8) is 0 Å². The summed E-state index contributed by atoms with van der Waals surface area (Å²) in [5.74, 6) is -1.53. The molecule has 1 atom stereocenters. The SMILES string of the molecule is CC(C)NC1=C(C(=N)c2cc(OC(F)(F)F)cnc2Cl)CC[C@@H](C(=O)NC2(C)CS(=O)(=O)C2)C1. The van der Waals surface area contributed by atoms with E-state index in [1.54, 1.807) is 6.92 Å². The van der Waals surface area contributed by atoms with Crippen molar-refractivity contribution in [2.45, 2.75) is 58.0 Å². The summed E-state index contributed by atoms with van der Waals surface area (Å²) < 4.78 is 64.8.